The first-order valence-corrected chi connectivity index (χ1v) is 34.2. The molecule has 3 aliphatic rings. The fourth-order valence-electron chi connectivity index (χ4n) is 12.6. The number of primary amides is 1. The average molecular weight is 1370 g/mol. The summed E-state index contributed by atoms with van der Waals surface area (Å²) in [5, 5.41) is 42.4. The molecule has 6 amide bonds. The van der Waals surface area contributed by atoms with E-state index in [4.69, 9.17) is 20.2 Å². The number of nitrogens with one attached hydrogen (secondary N) is 7. The van der Waals surface area contributed by atoms with E-state index in [1.807, 2.05) is 67.6 Å². The number of imidazole rings is 1. The minimum absolute atomic E-state index is 0.00463. The van der Waals surface area contributed by atoms with Gasteiger partial charge in [0.15, 0.2) is 11.5 Å². The van der Waals surface area contributed by atoms with Gasteiger partial charge in [0.05, 0.1) is 73.8 Å². The van der Waals surface area contributed by atoms with Crippen LogP contribution in [-0.4, -0.2) is 171 Å². The number of amides is 6. The second kappa shape index (κ2) is 31.6. The van der Waals surface area contributed by atoms with Gasteiger partial charge in [0.1, 0.15) is 29.1 Å². The molecule has 13 rings (SSSR count). The standard InChI is InChI=1S/C76H77N17O9/c1-2-36-91(65(96)15-8-39-101-63-43-50(22-29-62(63)94)73-87-67-58-13-5-3-11-56(58)57-12-4-6-14-59(57)68(67)88-73)46-66(97)92(45-64(77)95)37-9-38-93-44-55(89-90-93)10-7-40-102-69-60(75(99)85-53-25-18-48(19-26-53)71-80-32-33-81-71)41-51(74(98)84-52-23-16-47(17-24-52)70-78-30-31-79-70)42-61(69)76(100)86-54-27-20-49(21-28-54)72-82-34-35-83-72/h3-6,11-14,16-29,41-44,94H,2,7-10,15,30-40,45-46H2,1H3,(H2,77,95)(H,78,79)(H,80,81)(H,82,83)(H,84,98)(H,85,99)(H,86,100)(H,87,88). The zero-order valence-corrected chi connectivity index (χ0v) is 56.3. The van der Waals surface area contributed by atoms with Gasteiger partial charge in [-0.3, -0.25) is 48.4 Å². The summed E-state index contributed by atoms with van der Waals surface area (Å²) in [5.74, 6) is -0.328. The van der Waals surface area contributed by atoms with Gasteiger partial charge in [-0.1, -0.05) is 60.7 Å². The number of benzene rings is 8. The highest BCUT2D eigenvalue weighted by Crippen LogP contribution is 2.38. The van der Waals surface area contributed by atoms with Crippen LogP contribution in [0.5, 0.6) is 17.2 Å². The molecule has 3 aliphatic heterocycles. The maximum atomic E-state index is 14.7. The molecule has 10 aromatic rings. The van der Waals surface area contributed by atoms with Crippen molar-refractivity contribution in [3.05, 3.63) is 197 Å². The largest absolute Gasteiger partial charge is 0.504 e. The van der Waals surface area contributed by atoms with Crippen molar-refractivity contribution in [1.29, 1.82) is 0 Å². The monoisotopic (exact) mass is 1370 g/mol. The summed E-state index contributed by atoms with van der Waals surface area (Å²) in [6.45, 7) is 6.27. The van der Waals surface area contributed by atoms with Gasteiger partial charge >= 0.3 is 0 Å². The Labute approximate surface area is 586 Å². The van der Waals surface area contributed by atoms with Crippen LogP contribution in [0.15, 0.2) is 173 Å². The second-order valence-corrected chi connectivity index (χ2v) is 24.9. The Morgan fingerprint density at radius 1 is 0.578 bits per heavy atom. The molecule has 8 aromatic carbocycles. The van der Waals surface area contributed by atoms with E-state index in [0.717, 1.165) is 86.4 Å². The summed E-state index contributed by atoms with van der Waals surface area (Å²) in [6.07, 6.45) is 3.75. The number of rotatable bonds is 30. The molecule has 102 heavy (non-hydrogen) atoms. The number of carbonyl (C=O) groups is 6. The minimum atomic E-state index is -0.711. The molecule has 5 heterocycles. The lowest BCUT2D eigenvalue weighted by molar-refractivity contribution is -0.142. The molecule has 520 valence electrons. The van der Waals surface area contributed by atoms with Crippen LogP contribution < -0.4 is 47.1 Å². The first kappa shape index (κ1) is 68.1. The van der Waals surface area contributed by atoms with E-state index in [1.165, 1.54) is 21.9 Å². The van der Waals surface area contributed by atoms with Gasteiger partial charge in [0.25, 0.3) is 17.7 Å². The van der Waals surface area contributed by atoms with Gasteiger partial charge in [0.2, 0.25) is 17.7 Å². The molecule has 2 aromatic heterocycles. The Hall–Kier alpha value is -12.5. The van der Waals surface area contributed by atoms with Crippen LogP contribution in [0.25, 0.3) is 44.0 Å². The van der Waals surface area contributed by atoms with Crippen molar-refractivity contribution in [2.24, 2.45) is 20.7 Å². The number of nitrogens with two attached hydrogens (primary N) is 1. The summed E-state index contributed by atoms with van der Waals surface area (Å²) < 4.78 is 14.2. The number of aryl methyl sites for hydroxylation is 2. The zero-order valence-electron chi connectivity index (χ0n) is 56.3. The quantitative estimate of drug-likeness (QED) is 0.0151. The van der Waals surface area contributed by atoms with Crippen LogP contribution in [0.2, 0.25) is 0 Å². The number of nitrogens with zero attached hydrogens (tertiary/aromatic N) is 9. The number of fused-ring (bicyclic) bond motifs is 6. The van der Waals surface area contributed by atoms with Crippen molar-refractivity contribution in [2.45, 2.75) is 52.0 Å². The van der Waals surface area contributed by atoms with E-state index in [2.05, 4.69) is 86.4 Å². The summed E-state index contributed by atoms with van der Waals surface area (Å²) in [7, 11) is 0. The number of anilines is 3. The molecule has 0 radical (unpaired) electrons. The number of hydrogen-bond donors (Lipinski definition) is 9. The van der Waals surface area contributed by atoms with Crippen LogP contribution in [0.1, 0.15) is 92.5 Å². The molecule has 0 saturated carbocycles. The average Bonchev–Trinajstić information content (AvgIpc) is 1.51. The minimum Gasteiger partial charge on any atom is -0.504 e. The number of hydrogen-bond acceptors (Lipinski definition) is 18. The number of amidine groups is 3. The zero-order chi connectivity index (χ0) is 70.5. The summed E-state index contributed by atoms with van der Waals surface area (Å²) >= 11 is 0. The van der Waals surface area contributed by atoms with E-state index in [1.54, 1.807) is 65.5 Å². The SMILES string of the molecule is CCCN(CC(=O)N(CCCn1cc(CCCOc2c(C(=O)Nc3ccc(C4=NCCN4)cc3)cc(C(=O)Nc3ccc(C4=NCCN4)cc3)cc2C(=O)Nc2ccc(C3=NCCN3)cc2)nn1)CC(N)=O)C(=O)CCCOc1cc(-c2nc3c4ccccc4c4ccccc4c3[nH]2)ccc1O. The number of phenolic OH excluding ortho intramolecular Hbond substituents is 1. The smallest absolute Gasteiger partial charge is 0.259 e. The van der Waals surface area contributed by atoms with Crippen molar-refractivity contribution < 1.29 is 43.3 Å². The third kappa shape index (κ3) is 16.1. The molecule has 0 saturated heterocycles. The Bertz CT molecular complexity index is 4720. The lowest BCUT2D eigenvalue weighted by Crippen LogP contribution is -2.46. The van der Waals surface area contributed by atoms with Gasteiger partial charge in [-0.05, 0) is 146 Å². The molecule has 0 unspecified atom stereocenters. The Kier molecular flexibility index (Phi) is 21.1. The van der Waals surface area contributed by atoms with E-state index in [0.29, 0.717) is 92.6 Å². The van der Waals surface area contributed by atoms with Crippen LogP contribution in [0.4, 0.5) is 17.1 Å². The van der Waals surface area contributed by atoms with Crippen molar-refractivity contribution in [2.75, 3.05) is 94.6 Å². The van der Waals surface area contributed by atoms with Crippen molar-refractivity contribution in [3.63, 3.8) is 0 Å². The number of ether oxygens (including phenoxy) is 2. The van der Waals surface area contributed by atoms with E-state index in [-0.39, 0.29) is 85.5 Å². The summed E-state index contributed by atoms with van der Waals surface area (Å²) in [6, 6.07) is 45.7. The van der Waals surface area contributed by atoms with Gasteiger partial charge in [-0.25, -0.2) is 4.98 Å². The second-order valence-electron chi connectivity index (χ2n) is 24.9. The highest BCUT2D eigenvalue weighted by Gasteiger charge is 2.28. The maximum Gasteiger partial charge on any atom is 0.259 e. The van der Waals surface area contributed by atoms with Gasteiger partial charge in [-0.2, -0.15) is 0 Å². The lowest BCUT2D eigenvalue weighted by atomic mass is 10.0. The van der Waals surface area contributed by atoms with Gasteiger partial charge in [0, 0.05) is 108 Å². The number of aromatic amines is 1. The predicted molar refractivity (Wildman–Crippen MR) is 392 cm³/mol. The van der Waals surface area contributed by atoms with E-state index < -0.39 is 29.5 Å². The molecule has 0 spiro atoms. The molecule has 0 atom stereocenters. The van der Waals surface area contributed by atoms with Crippen molar-refractivity contribution in [1.82, 2.24) is 50.7 Å². The Morgan fingerprint density at radius 2 is 1.11 bits per heavy atom. The maximum absolute atomic E-state index is 14.7. The number of aromatic hydroxyl groups is 1. The van der Waals surface area contributed by atoms with Gasteiger partial charge in [-0.15, -0.1) is 5.10 Å². The van der Waals surface area contributed by atoms with Crippen LogP contribution in [0, 0.1) is 0 Å². The number of aliphatic imine (C=N–C) groups is 3. The molecule has 0 fully saturated rings. The first-order chi connectivity index (χ1) is 49.8. The van der Waals surface area contributed by atoms with Crippen LogP contribution in [-0.2, 0) is 27.3 Å². The highest BCUT2D eigenvalue weighted by atomic mass is 16.5. The van der Waals surface area contributed by atoms with Crippen molar-refractivity contribution >= 4 is 103 Å². The third-order valence-electron chi connectivity index (χ3n) is 17.6. The van der Waals surface area contributed by atoms with E-state index >= 15 is 0 Å². The van der Waals surface area contributed by atoms with Gasteiger partial charge < -0.3 is 67.0 Å². The molecular weight excluding hydrogens is 1290 g/mol. The molecule has 26 heteroatoms. The first-order valence-electron chi connectivity index (χ1n) is 34.2. The number of H-pyrrole nitrogens is 1. The molecule has 10 N–H and O–H groups in total. The summed E-state index contributed by atoms with van der Waals surface area (Å²) in [5.41, 5.74) is 12.5. The molecule has 26 nitrogen and oxygen atoms in total. The number of carbonyl (C=O) groups excluding carboxylic acids is 6. The van der Waals surface area contributed by atoms with E-state index in [9.17, 15) is 33.9 Å². The molecular formula is C76H77N17O9. The highest BCUT2D eigenvalue weighted by molar-refractivity contribution is 6.24. The fourth-order valence-corrected chi connectivity index (χ4v) is 12.6. The normalized spacial score (nSPS) is 13.2. The Morgan fingerprint density at radius 3 is 1.67 bits per heavy atom. The molecule has 0 bridgehead atoms. The van der Waals surface area contributed by atoms with Crippen molar-refractivity contribution in [3.8, 4) is 28.6 Å². The lowest BCUT2D eigenvalue weighted by Gasteiger charge is -2.27. The fraction of sp³-hybridized carbons (Fsp3) is 0.263. The topological polar surface area (TPSA) is 342 Å². The number of phenols is 1. The summed E-state index contributed by atoms with van der Waals surface area (Å²) in [4.78, 5) is 109. The Balaban J connectivity index is 0.641. The van der Waals surface area contributed by atoms with Crippen LogP contribution in [0.3, 0.4) is 0 Å². The third-order valence-corrected chi connectivity index (χ3v) is 17.6. The molecule has 0 aliphatic carbocycles. The number of aromatic nitrogens is 5. The predicted octanol–water partition coefficient (Wildman–Crippen LogP) is 8.45. The van der Waals surface area contributed by atoms with Crippen LogP contribution >= 0.6 is 0 Å².